The molecule has 2 heterocycles. The quantitative estimate of drug-likeness (QED) is 0.129. The van der Waals surface area contributed by atoms with Crippen molar-refractivity contribution < 1.29 is 17.6 Å². The molecule has 112 heavy (non-hydrogen) atoms. The average Bonchev–Trinajstić information content (AvgIpc) is 1.48. The van der Waals surface area contributed by atoms with Gasteiger partial charge in [-0.05, 0) is 185 Å². The van der Waals surface area contributed by atoms with Gasteiger partial charge in [-0.15, -0.1) is 0 Å². The highest BCUT2D eigenvalue weighted by Gasteiger charge is 2.59. The Kier molecular flexibility index (Phi) is 14.4. The number of fused-ring (bicyclic) bond motifs is 20. The third-order valence-corrected chi connectivity index (χ3v) is 24.7. The SMILES string of the molecule is Cc1cccc(-c2cc(-c3ccccc3)cc(F)c2N(c2cc3c(c4ccccc24)-c2c(ccc4ccccc24)C3(C)C2(C)c3ccc4ccccc4c3-c3c2cc(N(c2c(F)cc(-c4ccccc4)cc2-c2cccc(C)c2)c2cccc4c2oc2ccccc24)c2ccccc32)c2cccc3c2oc2ccccc23)c1. The largest absolute Gasteiger partial charge is 0.454 e. The van der Waals surface area contributed by atoms with Crippen LogP contribution in [-0.2, 0) is 10.8 Å². The van der Waals surface area contributed by atoms with Gasteiger partial charge < -0.3 is 18.6 Å². The number of hydrogen-bond donors (Lipinski definition) is 0. The van der Waals surface area contributed by atoms with Crippen LogP contribution >= 0.6 is 0 Å². The van der Waals surface area contributed by atoms with Gasteiger partial charge in [-0.3, -0.25) is 0 Å². The van der Waals surface area contributed by atoms with Gasteiger partial charge in [-0.2, -0.15) is 0 Å². The molecule has 6 heteroatoms. The zero-order valence-corrected chi connectivity index (χ0v) is 62.0. The molecular weight excluding hydrogens is 1370 g/mol. The number of para-hydroxylation sites is 4. The Morgan fingerprint density at radius 3 is 1.01 bits per heavy atom. The number of hydrogen-bond acceptors (Lipinski definition) is 4. The average molecular weight is 1440 g/mol. The first-order valence-corrected chi connectivity index (χ1v) is 38.5. The second-order valence-corrected chi connectivity index (χ2v) is 30.8. The van der Waals surface area contributed by atoms with E-state index in [9.17, 15) is 0 Å². The number of halogens is 2. The summed E-state index contributed by atoms with van der Waals surface area (Å²) in [6.07, 6.45) is 0. The number of rotatable bonds is 11. The lowest BCUT2D eigenvalue weighted by Crippen LogP contribution is -2.44. The molecule has 0 amide bonds. The molecule has 0 saturated carbocycles. The minimum Gasteiger partial charge on any atom is -0.454 e. The molecule has 2 unspecified atom stereocenters. The van der Waals surface area contributed by atoms with Gasteiger partial charge in [-0.25, -0.2) is 8.78 Å². The Morgan fingerprint density at radius 2 is 0.589 bits per heavy atom. The first-order chi connectivity index (χ1) is 55.0. The molecular formula is C106H70F2N2O2. The van der Waals surface area contributed by atoms with E-state index in [4.69, 9.17) is 8.83 Å². The smallest absolute Gasteiger partial charge is 0.159 e. The van der Waals surface area contributed by atoms with Gasteiger partial charge in [0.2, 0.25) is 0 Å². The molecule has 0 spiro atoms. The number of aryl methyl sites for hydroxylation is 2. The van der Waals surface area contributed by atoms with Gasteiger partial charge in [-0.1, -0.05) is 316 Å². The molecule has 22 rings (SSSR count). The minimum absolute atomic E-state index is 0.380. The van der Waals surface area contributed by atoms with E-state index in [1.807, 2.05) is 72.8 Å². The van der Waals surface area contributed by atoms with Crippen molar-refractivity contribution in [2.24, 2.45) is 0 Å². The third-order valence-electron chi connectivity index (χ3n) is 24.7. The minimum atomic E-state index is -1.02. The van der Waals surface area contributed by atoms with Crippen LogP contribution in [0.5, 0.6) is 0 Å². The highest BCUT2D eigenvalue weighted by Crippen LogP contribution is 2.70. The Balaban J connectivity index is 0.895. The summed E-state index contributed by atoms with van der Waals surface area (Å²) in [4.78, 5) is 4.38. The molecule has 20 aromatic rings. The van der Waals surface area contributed by atoms with Crippen molar-refractivity contribution in [3.63, 3.8) is 0 Å². The Morgan fingerprint density at radius 1 is 0.250 bits per heavy atom. The lowest BCUT2D eigenvalue weighted by molar-refractivity contribution is 0.376. The van der Waals surface area contributed by atoms with Gasteiger partial charge in [0.1, 0.15) is 22.8 Å². The Hall–Kier alpha value is -13.9. The van der Waals surface area contributed by atoms with E-state index in [-0.39, 0.29) is 0 Å². The van der Waals surface area contributed by atoms with E-state index in [0.717, 1.165) is 176 Å². The van der Waals surface area contributed by atoms with Crippen LogP contribution < -0.4 is 9.80 Å². The molecule has 2 aliphatic carbocycles. The third kappa shape index (κ3) is 9.45. The van der Waals surface area contributed by atoms with Crippen LogP contribution in [0.15, 0.2) is 361 Å². The number of nitrogens with zero attached hydrogens (tertiary/aromatic N) is 2. The van der Waals surface area contributed by atoms with E-state index in [1.54, 1.807) is 12.1 Å². The second kappa shape index (κ2) is 24.8. The summed E-state index contributed by atoms with van der Waals surface area (Å²) in [5, 5.41) is 12.1. The summed E-state index contributed by atoms with van der Waals surface area (Å²) in [5.74, 6) is -0.798. The summed E-state index contributed by atoms with van der Waals surface area (Å²) >= 11 is 0. The molecule has 2 atom stereocenters. The lowest BCUT2D eigenvalue weighted by Gasteiger charge is -2.46. The Labute approximate surface area is 646 Å². The van der Waals surface area contributed by atoms with E-state index < -0.39 is 22.5 Å². The van der Waals surface area contributed by atoms with E-state index in [1.165, 1.54) is 0 Å². The van der Waals surface area contributed by atoms with Crippen LogP contribution in [0.1, 0.15) is 47.2 Å². The van der Waals surface area contributed by atoms with E-state index in [2.05, 4.69) is 304 Å². The fraction of sp³-hybridized carbons (Fsp3) is 0.0566. The van der Waals surface area contributed by atoms with Crippen molar-refractivity contribution in [2.75, 3.05) is 9.80 Å². The van der Waals surface area contributed by atoms with Crippen molar-refractivity contribution in [3.8, 4) is 66.8 Å². The number of anilines is 6. The van der Waals surface area contributed by atoms with Crippen LogP contribution in [0, 0.1) is 25.5 Å². The summed E-state index contributed by atoms with van der Waals surface area (Å²) in [5.41, 5.74) is 21.8. The predicted octanol–water partition coefficient (Wildman–Crippen LogP) is 29.9. The molecule has 2 aromatic heterocycles. The fourth-order valence-electron chi connectivity index (χ4n) is 19.6. The summed E-state index contributed by atoms with van der Waals surface area (Å²) in [7, 11) is 0. The Bertz CT molecular complexity index is 6940. The first kappa shape index (κ1) is 65.2. The topological polar surface area (TPSA) is 32.8 Å². The van der Waals surface area contributed by atoms with Crippen LogP contribution in [0.2, 0.25) is 0 Å². The van der Waals surface area contributed by atoms with Crippen LogP contribution in [0.3, 0.4) is 0 Å². The summed E-state index contributed by atoms with van der Waals surface area (Å²) in [6, 6.07) is 123. The molecule has 530 valence electrons. The fourth-order valence-corrected chi connectivity index (χ4v) is 19.6. The molecule has 4 nitrogen and oxygen atoms in total. The zero-order chi connectivity index (χ0) is 74.8. The molecule has 0 saturated heterocycles. The van der Waals surface area contributed by atoms with Gasteiger partial charge in [0.25, 0.3) is 0 Å². The summed E-state index contributed by atoms with van der Waals surface area (Å²) < 4.78 is 53.5. The standard InChI is InChI=1S/C106H70F2N2O2/c1-63-27-23-35-69(55-63)83-57-71(65-29-7-5-8-30-65)59-89(107)101(83)109(91-47-25-45-81-77-41-19-21-49-95(77)111-103(81)91)93-61-87-99(79-43-17-15-39-75(79)93)97-73-37-13-11-33-67(73)51-53-85(97)105(87,3)106(4)86-54-52-68-34-12-14-38-74(68)98(86)100-80-44-18-16-40-76(80)94(62-88(100)106)110(92-48-26-46-82-78-42-20-22-50-96(78)112-104(82)92)102-84(70-36-24-28-64(2)56-70)58-72(60-90(102)108)66-31-9-6-10-32-66/h5-62H,1-4H3. The highest BCUT2D eigenvalue weighted by molar-refractivity contribution is 6.21. The maximum Gasteiger partial charge on any atom is 0.159 e. The molecule has 0 bridgehead atoms. The number of benzene rings is 18. The van der Waals surface area contributed by atoms with Crippen molar-refractivity contribution >= 4 is 121 Å². The number of furan rings is 2. The van der Waals surface area contributed by atoms with Crippen molar-refractivity contribution in [1.82, 2.24) is 0 Å². The van der Waals surface area contributed by atoms with Crippen LogP contribution in [-0.4, -0.2) is 0 Å². The maximum absolute atomic E-state index is 19.6. The molecule has 0 aliphatic heterocycles. The van der Waals surface area contributed by atoms with Crippen LogP contribution in [0.4, 0.5) is 42.9 Å². The zero-order valence-electron chi connectivity index (χ0n) is 62.0. The summed E-state index contributed by atoms with van der Waals surface area (Å²) in [6.45, 7) is 9.16. The van der Waals surface area contributed by atoms with E-state index >= 15 is 8.78 Å². The van der Waals surface area contributed by atoms with Crippen molar-refractivity contribution in [1.29, 1.82) is 0 Å². The molecule has 0 N–H and O–H groups in total. The van der Waals surface area contributed by atoms with Gasteiger partial charge in [0.05, 0.1) is 34.1 Å². The highest BCUT2D eigenvalue weighted by atomic mass is 19.1. The maximum atomic E-state index is 19.6. The molecule has 18 aromatic carbocycles. The molecule has 2 aliphatic rings. The van der Waals surface area contributed by atoms with Gasteiger partial charge in [0.15, 0.2) is 11.2 Å². The second-order valence-electron chi connectivity index (χ2n) is 30.8. The van der Waals surface area contributed by atoms with Gasteiger partial charge >= 0.3 is 0 Å². The van der Waals surface area contributed by atoms with Crippen molar-refractivity contribution in [2.45, 2.75) is 38.5 Å². The first-order valence-electron chi connectivity index (χ1n) is 38.5. The monoisotopic (exact) mass is 1440 g/mol. The molecule has 0 radical (unpaired) electrons. The lowest BCUT2D eigenvalue weighted by atomic mass is 9.56. The van der Waals surface area contributed by atoms with Crippen LogP contribution in [0.25, 0.3) is 154 Å². The molecule has 0 fully saturated rings. The van der Waals surface area contributed by atoms with E-state index in [0.29, 0.717) is 45.0 Å². The van der Waals surface area contributed by atoms with Gasteiger partial charge in [0, 0.05) is 54.3 Å². The normalized spacial score (nSPS) is 14.9. The predicted molar refractivity (Wildman–Crippen MR) is 462 cm³/mol. The van der Waals surface area contributed by atoms with Crippen molar-refractivity contribution in [3.05, 3.63) is 397 Å².